The second-order valence-corrected chi connectivity index (χ2v) is 6.70. The number of nitrogens with one attached hydrogen (secondary N) is 1. The molecular weight excluding hydrogens is 306 g/mol. The van der Waals surface area contributed by atoms with Crippen molar-refractivity contribution in [3.63, 3.8) is 0 Å². The number of anilines is 1. The molecule has 3 unspecified atom stereocenters. The van der Waals surface area contributed by atoms with Crippen molar-refractivity contribution in [2.45, 2.75) is 52.2 Å². The highest BCUT2D eigenvalue weighted by Gasteiger charge is 2.44. The highest BCUT2D eigenvalue weighted by Crippen LogP contribution is 2.39. The molecule has 0 radical (unpaired) electrons. The summed E-state index contributed by atoms with van der Waals surface area (Å²) >= 11 is 0. The van der Waals surface area contributed by atoms with Crippen LogP contribution in [0.3, 0.4) is 0 Å². The molecule has 126 valence electrons. The van der Waals surface area contributed by atoms with E-state index in [2.05, 4.69) is 20.4 Å². The van der Waals surface area contributed by atoms with E-state index >= 15 is 0 Å². The third kappa shape index (κ3) is 2.69. The third-order valence-electron chi connectivity index (χ3n) is 4.70. The van der Waals surface area contributed by atoms with Gasteiger partial charge < -0.3 is 10.1 Å². The maximum absolute atomic E-state index is 12.7. The van der Waals surface area contributed by atoms with Crippen LogP contribution in [-0.4, -0.2) is 37.9 Å². The largest absolute Gasteiger partial charge is 0.374 e. The molecule has 4 heterocycles. The van der Waals surface area contributed by atoms with Gasteiger partial charge in [0.05, 0.1) is 23.8 Å². The van der Waals surface area contributed by atoms with Gasteiger partial charge in [-0.1, -0.05) is 0 Å². The monoisotopic (exact) mass is 327 g/mol. The van der Waals surface area contributed by atoms with E-state index in [1.165, 1.54) is 0 Å². The molecule has 7 nitrogen and oxygen atoms in total. The molecule has 2 aliphatic heterocycles. The molecule has 24 heavy (non-hydrogen) atoms. The van der Waals surface area contributed by atoms with Crippen LogP contribution < -0.4 is 5.32 Å². The Labute approximate surface area is 140 Å². The summed E-state index contributed by atoms with van der Waals surface area (Å²) < 4.78 is 7.46. The zero-order chi connectivity index (χ0) is 16.8. The van der Waals surface area contributed by atoms with Gasteiger partial charge in [0, 0.05) is 17.8 Å². The number of rotatable bonds is 3. The summed E-state index contributed by atoms with van der Waals surface area (Å²) in [7, 11) is 0. The van der Waals surface area contributed by atoms with Crippen LogP contribution in [0.5, 0.6) is 0 Å². The van der Waals surface area contributed by atoms with Gasteiger partial charge in [0.1, 0.15) is 11.6 Å². The summed E-state index contributed by atoms with van der Waals surface area (Å²) in [6, 6.07) is 3.72. The molecule has 7 heteroatoms. The zero-order valence-electron chi connectivity index (χ0n) is 14.1. The second-order valence-electron chi connectivity index (χ2n) is 6.70. The lowest BCUT2D eigenvalue weighted by atomic mass is 9.88. The summed E-state index contributed by atoms with van der Waals surface area (Å²) in [5.74, 6) is 1.91. The normalized spacial score (nSPS) is 25.2. The number of nitrogens with zero attached hydrogens (tertiary/aromatic N) is 4. The Hall–Kier alpha value is -2.28. The first-order valence-corrected chi connectivity index (χ1v) is 8.35. The molecule has 0 spiro atoms. The van der Waals surface area contributed by atoms with Gasteiger partial charge in [0.15, 0.2) is 5.82 Å². The molecule has 1 N–H and O–H groups in total. The van der Waals surface area contributed by atoms with Crippen LogP contribution in [0.15, 0.2) is 12.1 Å². The molecule has 2 fully saturated rings. The van der Waals surface area contributed by atoms with Crippen molar-refractivity contribution < 1.29 is 9.53 Å². The Kier molecular flexibility index (Phi) is 3.60. The first kappa shape index (κ1) is 15.3. The quantitative estimate of drug-likeness (QED) is 0.933. The Morgan fingerprint density at radius 2 is 2.04 bits per heavy atom. The van der Waals surface area contributed by atoms with Crippen LogP contribution in [0.4, 0.5) is 5.82 Å². The minimum atomic E-state index is -0.0683. The smallest absolute Gasteiger partial charge is 0.231 e. The van der Waals surface area contributed by atoms with E-state index in [-0.39, 0.29) is 24.0 Å². The van der Waals surface area contributed by atoms with E-state index in [4.69, 9.17) is 4.74 Å². The van der Waals surface area contributed by atoms with E-state index in [1.807, 2.05) is 32.9 Å². The van der Waals surface area contributed by atoms with Crippen molar-refractivity contribution in [2.75, 3.05) is 5.32 Å². The number of amides is 1. The number of hydrogen-bond donors (Lipinski definition) is 1. The predicted octanol–water partition coefficient (Wildman–Crippen LogP) is 2.09. The van der Waals surface area contributed by atoms with Crippen LogP contribution >= 0.6 is 0 Å². The number of carbonyl (C=O) groups excluding carboxylic acids is 1. The van der Waals surface area contributed by atoms with E-state index in [9.17, 15) is 4.79 Å². The molecule has 1 amide bonds. The van der Waals surface area contributed by atoms with E-state index in [1.54, 1.807) is 4.68 Å². The SMILES string of the molecule is Cc1cc(-n2nc(C)cc2NC(=O)C2CC3CCC2O3)nc(C)n1. The minimum absolute atomic E-state index is 0.00542. The first-order chi connectivity index (χ1) is 11.5. The number of ether oxygens (including phenoxy) is 1. The number of carbonyl (C=O) groups is 1. The predicted molar refractivity (Wildman–Crippen MR) is 88.0 cm³/mol. The minimum Gasteiger partial charge on any atom is -0.374 e. The molecule has 2 aromatic rings. The van der Waals surface area contributed by atoms with E-state index < -0.39 is 0 Å². The fraction of sp³-hybridized carbons (Fsp3) is 0.529. The van der Waals surface area contributed by atoms with Crippen LogP contribution in [-0.2, 0) is 9.53 Å². The molecule has 0 aliphatic carbocycles. The molecule has 2 bridgehead atoms. The van der Waals surface area contributed by atoms with Crippen LogP contribution in [0.25, 0.3) is 5.82 Å². The summed E-state index contributed by atoms with van der Waals surface area (Å²) in [5.41, 5.74) is 1.69. The van der Waals surface area contributed by atoms with Gasteiger partial charge in [-0.3, -0.25) is 4.79 Å². The van der Waals surface area contributed by atoms with Gasteiger partial charge in [0.2, 0.25) is 5.91 Å². The number of aromatic nitrogens is 4. The topological polar surface area (TPSA) is 81.9 Å². The summed E-state index contributed by atoms with van der Waals surface area (Å²) in [5, 5.41) is 7.49. The number of aryl methyl sites for hydroxylation is 3. The van der Waals surface area contributed by atoms with E-state index in [0.29, 0.717) is 17.5 Å². The first-order valence-electron chi connectivity index (χ1n) is 8.35. The molecule has 4 rings (SSSR count). The fourth-order valence-corrected chi connectivity index (χ4v) is 3.70. The van der Waals surface area contributed by atoms with E-state index in [0.717, 1.165) is 30.7 Å². The van der Waals surface area contributed by atoms with Gasteiger partial charge in [-0.15, -0.1) is 0 Å². The zero-order valence-corrected chi connectivity index (χ0v) is 14.1. The van der Waals surface area contributed by atoms with Crippen LogP contribution in [0.1, 0.15) is 36.5 Å². The number of hydrogen-bond acceptors (Lipinski definition) is 5. The van der Waals surface area contributed by atoms with Gasteiger partial charge in [-0.2, -0.15) is 9.78 Å². The van der Waals surface area contributed by atoms with Crippen molar-refractivity contribution in [1.29, 1.82) is 0 Å². The molecule has 3 atom stereocenters. The van der Waals surface area contributed by atoms with Crippen molar-refractivity contribution in [1.82, 2.24) is 19.7 Å². The van der Waals surface area contributed by atoms with Crippen LogP contribution in [0, 0.1) is 26.7 Å². The van der Waals surface area contributed by atoms with Gasteiger partial charge in [0.25, 0.3) is 0 Å². The summed E-state index contributed by atoms with van der Waals surface area (Å²) in [6.07, 6.45) is 3.19. The lowest BCUT2D eigenvalue weighted by molar-refractivity contribution is -0.121. The maximum Gasteiger partial charge on any atom is 0.231 e. The lowest BCUT2D eigenvalue weighted by Gasteiger charge is -2.18. The van der Waals surface area contributed by atoms with Crippen molar-refractivity contribution >= 4 is 11.7 Å². The summed E-state index contributed by atoms with van der Waals surface area (Å²) in [6.45, 7) is 5.66. The Balaban J connectivity index is 1.61. The maximum atomic E-state index is 12.7. The van der Waals surface area contributed by atoms with Crippen molar-refractivity contribution in [3.8, 4) is 5.82 Å². The Bertz CT molecular complexity index is 780. The fourth-order valence-electron chi connectivity index (χ4n) is 3.70. The highest BCUT2D eigenvalue weighted by molar-refractivity contribution is 5.92. The molecule has 0 aromatic carbocycles. The average molecular weight is 327 g/mol. The van der Waals surface area contributed by atoms with Gasteiger partial charge in [-0.05, 0) is 40.0 Å². The standard InChI is InChI=1S/C17H21N5O2/c1-9-6-15(19-11(3)18-9)22-16(7-10(2)21-22)20-17(23)13-8-12-4-5-14(13)24-12/h6-7,12-14H,4-5,8H2,1-3H3,(H,20,23). The molecule has 2 aromatic heterocycles. The van der Waals surface area contributed by atoms with Gasteiger partial charge >= 0.3 is 0 Å². The molecule has 2 saturated heterocycles. The van der Waals surface area contributed by atoms with Crippen molar-refractivity contribution in [3.05, 3.63) is 29.3 Å². The average Bonchev–Trinajstić information content (AvgIpc) is 3.21. The van der Waals surface area contributed by atoms with Crippen molar-refractivity contribution in [2.24, 2.45) is 5.92 Å². The Morgan fingerprint density at radius 1 is 1.21 bits per heavy atom. The van der Waals surface area contributed by atoms with Gasteiger partial charge in [-0.25, -0.2) is 9.97 Å². The molecule has 0 saturated carbocycles. The lowest BCUT2D eigenvalue weighted by Crippen LogP contribution is -2.31. The molecule has 2 aliphatic rings. The van der Waals surface area contributed by atoms with Crippen LogP contribution in [0.2, 0.25) is 0 Å². The Morgan fingerprint density at radius 3 is 2.71 bits per heavy atom. The third-order valence-corrected chi connectivity index (χ3v) is 4.70. The highest BCUT2D eigenvalue weighted by atomic mass is 16.5. The molecular formula is C17H21N5O2. The second kappa shape index (κ2) is 5.66. The summed E-state index contributed by atoms with van der Waals surface area (Å²) in [4.78, 5) is 21.4. The number of fused-ring (bicyclic) bond motifs is 2.